The number of hydrogen-bond donors (Lipinski definition) is 0. The molecule has 2 nitrogen and oxygen atoms in total. The molecular weight excluding hydrogens is 374 g/mol. The van der Waals surface area contributed by atoms with Gasteiger partial charge in [-0.15, -0.1) is 9.24 Å². The van der Waals surface area contributed by atoms with Crippen LogP contribution in [0.5, 0.6) is 11.5 Å². The molecular formula is C20H17Cl2O2P. The Morgan fingerprint density at radius 3 is 1.88 bits per heavy atom. The predicted octanol–water partition coefficient (Wildman–Crippen LogP) is 5.85. The lowest BCUT2D eigenvalue weighted by atomic mass is 9.93. The third-order valence-corrected chi connectivity index (χ3v) is 5.07. The van der Waals surface area contributed by atoms with Gasteiger partial charge in [0.2, 0.25) is 0 Å². The summed E-state index contributed by atoms with van der Waals surface area (Å²) in [5.41, 5.74) is 3.74. The molecule has 0 fully saturated rings. The highest BCUT2D eigenvalue weighted by molar-refractivity contribution is 7.28. The SMILES string of the molecule is COc1c(Cl)ccc(P)c1-c1c(-c2ccccc2)ccc(Cl)c1OC. The maximum atomic E-state index is 6.42. The number of ether oxygens (including phenoxy) is 2. The predicted molar refractivity (Wildman–Crippen MR) is 110 cm³/mol. The van der Waals surface area contributed by atoms with E-state index in [9.17, 15) is 0 Å². The molecule has 0 aliphatic rings. The second-order valence-corrected chi connectivity index (χ2v) is 6.85. The molecule has 128 valence electrons. The van der Waals surface area contributed by atoms with Gasteiger partial charge in [-0.25, -0.2) is 0 Å². The van der Waals surface area contributed by atoms with E-state index in [2.05, 4.69) is 9.24 Å². The molecule has 0 saturated carbocycles. The van der Waals surface area contributed by atoms with Gasteiger partial charge in [0.15, 0.2) is 0 Å². The monoisotopic (exact) mass is 390 g/mol. The zero-order valence-corrected chi connectivity index (χ0v) is 16.5. The first-order chi connectivity index (χ1) is 12.1. The average Bonchev–Trinajstić information content (AvgIpc) is 2.64. The summed E-state index contributed by atoms with van der Waals surface area (Å²) in [6.07, 6.45) is 0. The second kappa shape index (κ2) is 7.66. The lowest BCUT2D eigenvalue weighted by molar-refractivity contribution is 0.411. The fourth-order valence-electron chi connectivity index (χ4n) is 2.89. The summed E-state index contributed by atoms with van der Waals surface area (Å²) in [5, 5.41) is 2.01. The first-order valence-electron chi connectivity index (χ1n) is 7.62. The summed E-state index contributed by atoms with van der Waals surface area (Å²) in [5.74, 6) is 1.18. The van der Waals surface area contributed by atoms with Crippen LogP contribution in [-0.2, 0) is 0 Å². The molecule has 0 saturated heterocycles. The van der Waals surface area contributed by atoms with Gasteiger partial charge in [0.05, 0.1) is 24.3 Å². The molecule has 25 heavy (non-hydrogen) atoms. The van der Waals surface area contributed by atoms with Crippen molar-refractivity contribution >= 4 is 37.7 Å². The van der Waals surface area contributed by atoms with Gasteiger partial charge < -0.3 is 9.47 Å². The van der Waals surface area contributed by atoms with E-state index >= 15 is 0 Å². The maximum absolute atomic E-state index is 6.42. The van der Waals surface area contributed by atoms with E-state index in [1.165, 1.54) is 0 Å². The molecule has 0 heterocycles. The smallest absolute Gasteiger partial charge is 0.146 e. The first kappa shape index (κ1) is 18.1. The highest BCUT2D eigenvalue weighted by Gasteiger charge is 2.22. The third-order valence-electron chi connectivity index (χ3n) is 3.99. The summed E-state index contributed by atoms with van der Waals surface area (Å²) in [4.78, 5) is 0. The van der Waals surface area contributed by atoms with E-state index in [0.29, 0.717) is 21.5 Å². The maximum Gasteiger partial charge on any atom is 0.146 e. The van der Waals surface area contributed by atoms with Crippen molar-refractivity contribution in [2.45, 2.75) is 0 Å². The number of halogens is 2. The Hall–Kier alpha value is -1.73. The number of benzene rings is 3. The van der Waals surface area contributed by atoms with Crippen molar-refractivity contribution in [2.24, 2.45) is 0 Å². The molecule has 1 unspecified atom stereocenters. The van der Waals surface area contributed by atoms with Crippen LogP contribution >= 0.6 is 32.4 Å². The minimum Gasteiger partial charge on any atom is -0.495 e. The van der Waals surface area contributed by atoms with Gasteiger partial charge in [-0.1, -0.05) is 65.7 Å². The highest BCUT2D eigenvalue weighted by Crippen LogP contribution is 2.47. The van der Waals surface area contributed by atoms with Gasteiger partial charge in [-0.2, -0.15) is 0 Å². The van der Waals surface area contributed by atoms with Crippen molar-refractivity contribution in [1.29, 1.82) is 0 Å². The molecule has 0 radical (unpaired) electrons. The Bertz CT molecular complexity index is 911. The Kier molecular flexibility index (Phi) is 5.54. The molecule has 0 bridgehead atoms. The van der Waals surface area contributed by atoms with Gasteiger partial charge in [0.25, 0.3) is 0 Å². The minimum absolute atomic E-state index is 0.531. The molecule has 3 aromatic rings. The van der Waals surface area contributed by atoms with Crippen LogP contribution < -0.4 is 14.8 Å². The summed E-state index contributed by atoms with van der Waals surface area (Å²) >= 11 is 12.8. The molecule has 3 aromatic carbocycles. The molecule has 3 rings (SSSR count). The molecule has 0 aromatic heterocycles. The molecule has 5 heteroatoms. The lowest BCUT2D eigenvalue weighted by Crippen LogP contribution is -2.04. The summed E-state index contributed by atoms with van der Waals surface area (Å²) in [7, 11) is 5.94. The summed E-state index contributed by atoms with van der Waals surface area (Å²) in [6.45, 7) is 0. The van der Waals surface area contributed by atoms with Crippen LogP contribution in [-0.4, -0.2) is 14.2 Å². The summed E-state index contributed by atoms with van der Waals surface area (Å²) < 4.78 is 11.2. The van der Waals surface area contributed by atoms with Crippen LogP contribution in [0.2, 0.25) is 10.0 Å². The Balaban J connectivity index is 2.44. The van der Waals surface area contributed by atoms with Crippen molar-refractivity contribution in [3.8, 4) is 33.8 Å². The van der Waals surface area contributed by atoms with Crippen LogP contribution in [0.15, 0.2) is 54.6 Å². The van der Waals surface area contributed by atoms with Gasteiger partial charge in [0.1, 0.15) is 11.5 Å². The van der Waals surface area contributed by atoms with Crippen LogP contribution in [0.3, 0.4) is 0 Å². The van der Waals surface area contributed by atoms with Crippen LogP contribution in [0.25, 0.3) is 22.3 Å². The fraction of sp³-hybridized carbons (Fsp3) is 0.100. The van der Waals surface area contributed by atoms with E-state index < -0.39 is 0 Å². The number of hydrogen-bond acceptors (Lipinski definition) is 2. The van der Waals surface area contributed by atoms with Crippen molar-refractivity contribution in [1.82, 2.24) is 0 Å². The molecule has 0 spiro atoms. The molecule has 0 aliphatic heterocycles. The van der Waals surface area contributed by atoms with Crippen molar-refractivity contribution in [2.75, 3.05) is 14.2 Å². The lowest BCUT2D eigenvalue weighted by Gasteiger charge is -2.20. The van der Waals surface area contributed by atoms with E-state index in [0.717, 1.165) is 27.6 Å². The van der Waals surface area contributed by atoms with Crippen LogP contribution in [0, 0.1) is 0 Å². The average molecular weight is 391 g/mol. The topological polar surface area (TPSA) is 18.5 Å². The Labute approximate surface area is 159 Å². The van der Waals surface area contributed by atoms with Crippen LogP contribution in [0.4, 0.5) is 0 Å². The standard InChI is InChI=1S/C20H17Cl2O2P/c1-23-19-14(21)9-8-13(12-6-4-3-5-7-12)17(19)18-16(25)11-10-15(22)20(18)24-2/h3-11H,25H2,1-2H3. The molecule has 0 N–H and O–H groups in total. The van der Waals surface area contributed by atoms with Crippen molar-refractivity contribution in [3.63, 3.8) is 0 Å². The zero-order valence-electron chi connectivity index (χ0n) is 13.8. The Morgan fingerprint density at radius 1 is 0.720 bits per heavy atom. The van der Waals surface area contributed by atoms with Gasteiger partial charge >= 0.3 is 0 Å². The van der Waals surface area contributed by atoms with Crippen LogP contribution in [0.1, 0.15) is 0 Å². The van der Waals surface area contributed by atoms with Gasteiger partial charge in [0, 0.05) is 11.1 Å². The largest absolute Gasteiger partial charge is 0.495 e. The minimum atomic E-state index is 0.531. The highest BCUT2D eigenvalue weighted by atomic mass is 35.5. The van der Waals surface area contributed by atoms with E-state index in [1.54, 1.807) is 14.2 Å². The molecule has 0 amide bonds. The normalized spacial score (nSPS) is 10.6. The Morgan fingerprint density at radius 2 is 1.28 bits per heavy atom. The first-order valence-corrected chi connectivity index (χ1v) is 8.96. The quantitative estimate of drug-likeness (QED) is 0.520. The van der Waals surface area contributed by atoms with Crippen molar-refractivity contribution < 1.29 is 9.47 Å². The number of rotatable bonds is 4. The van der Waals surface area contributed by atoms with E-state index in [-0.39, 0.29) is 0 Å². The summed E-state index contributed by atoms with van der Waals surface area (Å²) in [6, 6.07) is 17.6. The van der Waals surface area contributed by atoms with E-state index in [4.69, 9.17) is 32.7 Å². The fourth-order valence-corrected chi connectivity index (χ4v) is 3.73. The van der Waals surface area contributed by atoms with Crippen molar-refractivity contribution in [3.05, 3.63) is 64.6 Å². The van der Waals surface area contributed by atoms with Gasteiger partial charge in [-0.05, 0) is 28.6 Å². The zero-order chi connectivity index (χ0) is 18.0. The number of methoxy groups -OCH3 is 2. The molecule has 0 aliphatic carbocycles. The second-order valence-electron chi connectivity index (χ2n) is 5.41. The third kappa shape index (κ3) is 3.35. The van der Waals surface area contributed by atoms with E-state index in [1.807, 2.05) is 54.6 Å². The molecule has 1 atom stereocenters. The van der Waals surface area contributed by atoms with Gasteiger partial charge in [-0.3, -0.25) is 0 Å².